The molecular formula is C8H14N4O2S2. The smallest absolute Gasteiger partial charge is 0.262 e. The average molecular weight is 262 g/mol. The van der Waals surface area contributed by atoms with Gasteiger partial charge in [-0.2, -0.15) is 16.1 Å². The average Bonchev–Trinajstić information content (AvgIpc) is 2.60. The molecule has 1 aromatic rings. The van der Waals surface area contributed by atoms with Crippen molar-refractivity contribution in [2.45, 2.75) is 5.03 Å². The molecule has 6 nitrogen and oxygen atoms in total. The quantitative estimate of drug-likeness (QED) is 0.794. The van der Waals surface area contributed by atoms with Crippen LogP contribution in [0.15, 0.2) is 11.4 Å². The lowest BCUT2D eigenvalue weighted by Crippen LogP contribution is -2.38. The number of aryl methyl sites for hydroxylation is 1. The van der Waals surface area contributed by atoms with Crippen LogP contribution in [0.5, 0.6) is 0 Å². The lowest BCUT2D eigenvalue weighted by molar-refractivity contribution is 0.438. The number of imidazole rings is 1. The number of nitrogens with two attached hydrogens (primary N) is 1. The molecule has 2 N–H and O–H groups in total. The summed E-state index contributed by atoms with van der Waals surface area (Å²) in [5.41, 5.74) is 5.59. The standard InChI is InChI=1S/C8H14N4O2S2/c1-11-6-10-7(9)8(11)16(13,14)12-2-4-15-5-3-12/h6H,2-5,9H2,1H3. The number of anilines is 1. The molecule has 0 atom stereocenters. The Morgan fingerprint density at radius 2 is 2.06 bits per heavy atom. The first kappa shape index (κ1) is 11.7. The highest BCUT2D eigenvalue weighted by Crippen LogP contribution is 2.23. The van der Waals surface area contributed by atoms with Crippen LogP contribution in [0.2, 0.25) is 0 Å². The van der Waals surface area contributed by atoms with Crippen LogP contribution in [0.3, 0.4) is 0 Å². The maximum atomic E-state index is 12.3. The molecular weight excluding hydrogens is 248 g/mol. The van der Waals surface area contributed by atoms with Crippen LogP contribution in [0.4, 0.5) is 5.82 Å². The summed E-state index contributed by atoms with van der Waals surface area (Å²) in [5.74, 6) is 1.73. The van der Waals surface area contributed by atoms with Crippen LogP contribution in [0.1, 0.15) is 0 Å². The first-order chi connectivity index (χ1) is 7.53. The van der Waals surface area contributed by atoms with E-state index in [2.05, 4.69) is 4.98 Å². The van der Waals surface area contributed by atoms with Crippen molar-refractivity contribution in [3.8, 4) is 0 Å². The fourth-order valence-electron chi connectivity index (χ4n) is 1.66. The molecule has 1 aliphatic rings. The van der Waals surface area contributed by atoms with Gasteiger partial charge in [-0.1, -0.05) is 0 Å². The molecule has 0 aliphatic carbocycles. The summed E-state index contributed by atoms with van der Waals surface area (Å²) in [4.78, 5) is 3.81. The molecule has 2 rings (SSSR count). The summed E-state index contributed by atoms with van der Waals surface area (Å²) in [6.07, 6.45) is 1.42. The van der Waals surface area contributed by atoms with E-state index in [4.69, 9.17) is 5.73 Å². The highest BCUT2D eigenvalue weighted by Gasteiger charge is 2.30. The van der Waals surface area contributed by atoms with Gasteiger partial charge in [0.25, 0.3) is 10.0 Å². The Morgan fingerprint density at radius 3 is 2.56 bits per heavy atom. The van der Waals surface area contributed by atoms with Gasteiger partial charge >= 0.3 is 0 Å². The summed E-state index contributed by atoms with van der Waals surface area (Å²) >= 11 is 1.76. The molecule has 90 valence electrons. The molecule has 1 saturated heterocycles. The maximum absolute atomic E-state index is 12.3. The van der Waals surface area contributed by atoms with Gasteiger partial charge in [-0.25, -0.2) is 13.4 Å². The SMILES string of the molecule is Cn1cnc(N)c1S(=O)(=O)N1CCSCC1. The van der Waals surface area contributed by atoms with E-state index in [-0.39, 0.29) is 10.8 Å². The lowest BCUT2D eigenvalue weighted by atomic mass is 10.6. The fourth-order valence-corrected chi connectivity index (χ4v) is 4.43. The summed E-state index contributed by atoms with van der Waals surface area (Å²) in [6.45, 7) is 1.08. The van der Waals surface area contributed by atoms with E-state index < -0.39 is 10.0 Å². The fraction of sp³-hybridized carbons (Fsp3) is 0.625. The second-order valence-corrected chi connectivity index (χ2v) is 6.64. The Morgan fingerprint density at radius 1 is 1.44 bits per heavy atom. The number of thioether (sulfide) groups is 1. The van der Waals surface area contributed by atoms with Crippen molar-refractivity contribution in [1.82, 2.24) is 13.9 Å². The van der Waals surface area contributed by atoms with Crippen molar-refractivity contribution in [2.75, 3.05) is 30.3 Å². The molecule has 0 spiro atoms. The maximum Gasteiger partial charge on any atom is 0.262 e. The number of sulfonamides is 1. The van der Waals surface area contributed by atoms with Crippen LogP contribution in [0, 0.1) is 0 Å². The molecule has 0 amide bonds. The van der Waals surface area contributed by atoms with Gasteiger partial charge in [-0.05, 0) is 0 Å². The Bertz CT molecular complexity index is 457. The topological polar surface area (TPSA) is 81.2 Å². The number of nitrogen functional groups attached to an aromatic ring is 1. The van der Waals surface area contributed by atoms with Gasteiger partial charge in [0, 0.05) is 31.6 Å². The molecule has 16 heavy (non-hydrogen) atoms. The number of hydrogen-bond acceptors (Lipinski definition) is 5. The Balaban J connectivity index is 2.38. The molecule has 0 radical (unpaired) electrons. The molecule has 0 bridgehead atoms. The minimum atomic E-state index is -3.48. The Hall–Kier alpha value is -0.730. The number of rotatable bonds is 2. The normalized spacial score (nSPS) is 18.8. The molecule has 0 saturated carbocycles. The zero-order valence-corrected chi connectivity index (χ0v) is 10.6. The monoisotopic (exact) mass is 262 g/mol. The molecule has 1 fully saturated rings. The van der Waals surface area contributed by atoms with Crippen LogP contribution >= 0.6 is 11.8 Å². The van der Waals surface area contributed by atoms with E-state index in [9.17, 15) is 8.42 Å². The van der Waals surface area contributed by atoms with Gasteiger partial charge in [0.1, 0.15) is 0 Å². The van der Waals surface area contributed by atoms with E-state index in [1.807, 2.05) is 0 Å². The van der Waals surface area contributed by atoms with Gasteiger partial charge < -0.3 is 10.3 Å². The van der Waals surface area contributed by atoms with Crippen LogP contribution in [-0.2, 0) is 17.1 Å². The first-order valence-electron chi connectivity index (χ1n) is 4.88. The molecule has 2 heterocycles. The largest absolute Gasteiger partial charge is 0.381 e. The summed E-state index contributed by atoms with van der Waals surface area (Å²) in [7, 11) is -1.85. The van der Waals surface area contributed by atoms with Gasteiger partial charge in [0.15, 0.2) is 10.8 Å². The Kier molecular flexibility index (Phi) is 3.13. The van der Waals surface area contributed by atoms with Crippen molar-refractivity contribution in [2.24, 2.45) is 7.05 Å². The summed E-state index contributed by atoms with van der Waals surface area (Å²) in [6, 6.07) is 0. The van der Waals surface area contributed by atoms with Gasteiger partial charge in [-0.15, -0.1) is 0 Å². The van der Waals surface area contributed by atoms with Crippen LogP contribution in [0.25, 0.3) is 0 Å². The summed E-state index contributed by atoms with van der Waals surface area (Å²) in [5, 5.41) is 0.0967. The third-order valence-electron chi connectivity index (χ3n) is 2.46. The third-order valence-corrected chi connectivity index (χ3v) is 5.44. The van der Waals surface area contributed by atoms with Gasteiger partial charge in [0.2, 0.25) is 0 Å². The van der Waals surface area contributed by atoms with Gasteiger partial charge in [-0.3, -0.25) is 0 Å². The molecule has 0 unspecified atom stereocenters. The van der Waals surface area contributed by atoms with Crippen molar-refractivity contribution in [3.63, 3.8) is 0 Å². The highest BCUT2D eigenvalue weighted by molar-refractivity contribution is 7.99. The van der Waals surface area contributed by atoms with E-state index >= 15 is 0 Å². The van der Waals surface area contributed by atoms with Crippen molar-refractivity contribution in [1.29, 1.82) is 0 Å². The lowest BCUT2D eigenvalue weighted by Gasteiger charge is -2.25. The molecule has 8 heteroatoms. The van der Waals surface area contributed by atoms with Crippen molar-refractivity contribution < 1.29 is 8.42 Å². The second-order valence-electron chi connectivity index (χ2n) is 3.56. The van der Waals surface area contributed by atoms with E-state index in [1.54, 1.807) is 18.8 Å². The number of aromatic nitrogens is 2. The second kappa shape index (κ2) is 4.27. The van der Waals surface area contributed by atoms with Gasteiger partial charge in [0.05, 0.1) is 6.33 Å². The van der Waals surface area contributed by atoms with Crippen molar-refractivity contribution in [3.05, 3.63) is 6.33 Å². The van der Waals surface area contributed by atoms with Crippen LogP contribution in [-0.4, -0.2) is 46.9 Å². The first-order valence-corrected chi connectivity index (χ1v) is 7.47. The minimum absolute atomic E-state index is 0.0701. The predicted octanol–water partition coefficient (Wildman–Crippen LogP) is -0.260. The molecule has 1 aliphatic heterocycles. The molecule has 0 aromatic carbocycles. The number of nitrogens with zero attached hydrogens (tertiary/aromatic N) is 3. The predicted molar refractivity (Wildman–Crippen MR) is 63.7 cm³/mol. The zero-order chi connectivity index (χ0) is 11.8. The third kappa shape index (κ3) is 1.92. The van der Waals surface area contributed by atoms with Crippen LogP contribution < -0.4 is 5.73 Å². The summed E-state index contributed by atoms with van der Waals surface area (Å²) < 4.78 is 27.5. The van der Waals surface area contributed by atoms with E-state index in [0.29, 0.717) is 13.1 Å². The van der Waals surface area contributed by atoms with Crippen molar-refractivity contribution >= 4 is 27.6 Å². The minimum Gasteiger partial charge on any atom is -0.381 e. The zero-order valence-electron chi connectivity index (χ0n) is 8.96. The highest BCUT2D eigenvalue weighted by atomic mass is 32.2. The number of hydrogen-bond donors (Lipinski definition) is 1. The molecule has 1 aromatic heterocycles. The van der Waals surface area contributed by atoms with E-state index in [1.165, 1.54) is 15.2 Å². The van der Waals surface area contributed by atoms with E-state index in [0.717, 1.165) is 11.5 Å². The Labute approximate surface area is 98.9 Å².